The minimum absolute atomic E-state index is 0.230. The molecule has 0 unspecified atom stereocenters. The molecule has 0 bridgehead atoms. The fourth-order valence-electron chi connectivity index (χ4n) is 2.11. The Balaban J connectivity index is 2.37. The van der Waals surface area contributed by atoms with E-state index in [9.17, 15) is 12.6 Å². The van der Waals surface area contributed by atoms with Crippen LogP contribution in [0.2, 0.25) is 0 Å². The zero-order valence-corrected chi connectivity index (χ0v) is 13.5. The van der Waals surface area contributed by atoms with Gasteiger partial charge in [0.2, 0.25) is 10.0 Å². The molecule has 2 N–H and O–H groups in total. The largest absolute Gasteiger partial charge is 0.320 e. The summed E-state index contributed by atoms with van der Waals surface area (Å²) in [6.45, 7) is 2.59. The van der Waals surface area contributed by atoms with Gasteiger partial charge in [0, 0.05) is 41.0 Å². The van der Waals surface area contributed by atoms with Crippen LogP contribution in [-0.2, 0) is 20.8 Å². The van der Waals surface area contributed by atoms with Crippen LogP contribution in [0, 0.1) is 18.8 Å². The van der Waals surface area contributed by atoms with Crippen molar-refractivity contribution in [3.05, 3.63) is 29.3 Å². The summed E-state index contributed by atoms with van der Waals surface area (Å²) < 4.78 is 38.2. The molecule has 114 valence electrons. The van der Waals surface area contributed by atoms with Crippen LogP contribution in [0.5, 0.6) is 0 Å². The zero-order chi connectivity index (χ0) is 15.5. The maximum absolute atomic E-state index is 12.7. The Bertz CT molecular complexity index is 707. The van der Waals surface area contributed by atoms with Gasteiger partial charge in [-0.3, -0.25) is 4.21 Å². The molecule has 1 aliphatic rings. The quantitative estimate of drug-likeness (QED) is 0.779. The van der Waals surface area contributed by atoms with Crippen LogP contribution in [-0.4, -0.2) is 48.1 Å². The first-order valence-corrected chi connectivity index (χ1v) is 9.52. The monoisotopic (exact) mass is 326 g/mol. The molecule has 0 atom stereocenters. The summed E-state index contributed by atoms with van der Waals surface area (Å²) in [7, 11) is -4.47. The van der Waals surface area contributed by atoms with E-state index in [2.05, 4.69) is 11.8 Å². The smallest absolute Gasteiger partial charge is 0.243 e. The van der Waals surface area contributed by atoms with Crippen LogP contribution in [0.4, 0.5) is 0 Å². The molecule has 0 aromatic heterocycles. The molecule has 1 aliphatic heterocycles. The maximum Gasteiger partial charge on any atom is 0.243 e. The Morgan fingerprint density at radius 1 is 1.33 bits per heavy atom. The van der Waals surface area contributed by atoms with E-state index < -0.39 is 20.8 Å². The normalized spacial score (nSPS) is 17.2. The Kier molecular flexibility index (Phi) is 5.17. The van der Waals surface area contributed by atoms with Crippen molar-refractivity contribution in [1.82, 2.24) is 4.31 Å². The van der Waals surface area contributed by atoms with Gasteiger partial charge in [0.15, 0.2) is 0 Å². The lowest BCUT2D eigenvalue weighted by Crippen LogP contribution is -2.41. The number of sulfonamides is 1. The fraction of sp³-hybridized carbons (Fsp3) is 0.429. The number of nitrogens with two attached hydrogens (primary N) is 1. The molecule has 1 heterocycles. The minimum Gasteiger partial charge on any atom is -0.320 e. The van der Waals surface area contributed by atoms with Crippen LogP contribution < -0.4 is 5.73 Å². The van der Waals surface area contributed by atoms with Gasteiger partial charge < -0.3 is 5.73 Å². The molecule has 1 aromatic rings. The van der Waals surface area contributed by atoms with E-state index in [1.807, 2.05) is 0 Å². The average molecular weight is 326 g/mol. The SMILES string of the molecule is Cc1ccc(C#CCN)cc1S(=O)(=O)N1CCS(=O)CC1. The molecule has 0 saturated carbocycles. The summed E-state index contributed by atoms with van der Waals surface area (Å²) in [6, 6.07) is 5.11. The van der Waals surface area contributed by atoms with Gasteiger partial charge in [0.05, 0.1) is 11.4 Å². The fourth-order valence-corrected chi connectivity index (χ4v) is 5.09. The van der Waals surface area contributed by atoms with Gasteiger partial charge >= 0.3 is 0 Å². The summed E-state index contributed by atoms with van der Waals surface area (Å²) >= 11 is 0. The highest BCUT2D eigenvalue weighted by Crippen LogP contribution is 2.22. The number of aryl methyl sites for hydroxylation is 1. The summed E-state index contributed by atoms with van der Waals surface area (Å²) in [5.41, 5.74) is 6.64. The molecule has 5 nitrogen and oxygen atoms in total. The molecule has 1 saturated heterocycles. The Morgan fingerprint density at radius 3 is 2.62 bits per heavy atom. The molecule has 0 amide bonds. The van der Waals surface area contributed by atoms with Crippen molar-refractivity contribution in [2.75, 3.05) is 31.1 Å². The second kappa shape index (κ2) is 6.71. The van der Waals surface area contributed by atoms with Crippen molar-refractivity contribution in [3.63, 3.8) is 0 Å². The van der Waals surface area contributed by atoms with Gasteiger partial charge in [-0.1, -0.05) is 17.9 Å². The first-order chi connectivity index (χ1) is 9.95. The molecule has 1 aromatic carbocycles. The molecule has 0 radical (unpaired) electrons. The maximum atomic E-state index is 12.7. The van der Waals surface area contributed by atoms with Crippen molar-refractivity contribution in [2.24, 2.45) is 5.73 Å². The summed E-state index contributed by atoms with van der Waals surface area (Å²) in [6.07, 6.45) is 0. The highest BCUT2D eigenvalue weighted by molar-refractivity contribution is 7.89. The number of hydrogen-bond acceptors (Lipinski definition) is 4. The van der Waals surface area contributed by atoms with Gasteiger partial charge in [-0.2, -0.15) is 4.31 Å². The first kappa shape index (κ1) is 16.2. The van der Waals surface area contributed by atoms with E-state index in [-0.39, 0.29) is 11.4 Å². The van der Waals surface area contributed by atoms with Crippen molar-refractivity contribution in [1.29, 1.82) is 0 Å². The number of nitrogens with zero attached hydrogens (tertiary/aromatic N) is 1. The third-order valence-corrected chi connectivity index (χ3v) is 6.59. The molecular formula is C14H18N2O3S2. The van der Waals surface area contributed by atoms with Crippen LogP contribution in [0.3, 0.4) is 0 Å². The molecule has 2 rings (SSSR count). The van der Waals surface area contributed by atoms with E-state index in [1.165, 1.54) is 4.31 Å². The highest BCUT2D eigenvalue weighted by Gasteiger charge is 2.29. The summed E-state index contributed by atoms with van der Waals surface area (Å²) in [5, 5.41) is 0. The van der Waals surface area contributed by atoms with Crippen LogP contribution in [0.1, 0.15) is 11.1 Å². The lowest BCUT2D eigenvalue weighted by molar-refractivity contribution is 0.438. The molecular weight excluding hydrogens is 308 g/mol. The molecule has 21 heavy (non-hydrogen) atoms. The number of benzene rings is 1. The topological polar surface area (TPSA) is 80.5 Å². The van der Waals surface area contributed by atoms with Gasteiger partial charge in [-0.25, -0.2) is 8.42 Å². The predicted octanol–water partition coefficient (Wildman–Crippen LogP) is 0.0582. The second-order valence-corrected chi connectivity index (χ2v) is 8.34. The highest BCUT2D eigenvalue weighted by atomic mass is 32.2. The molecule has 0 aliphatic carbocycles. The second-order valence-electron chi connectivity index (χ2n) is 4.74. The minimum atomic E-state index is -3.56. The number of rotatable bonds is 2. The Hall–Kier alpha value is -1.20. The third-order valence-electron chi connectivity index (χ3n) is 3.28. The van der Waals surface area contributed by atoms with E-state index >= 15 is 0 Å². The lowest BCUT2D eigenvalue weighted by atomic mass is 10.1. The molecule has 0 spiro atoms. The van der Waals surface area contributed by atoms with Crippen LogP contribution in [0.25, 0.3) is 0 Å². The van der Waals surface area contributed by atoms with Crippen LogP contribution in [0.15, 0.2) is 23.1 Å². The van der Waals surface area contributed by atoms with Gasteiger partial charge in [-0.15, -0.1) is 0 Å². The van der Waals surface area contributed by atoms with E-state index in [0.29, 0.717) is 35.7 Å². The van der Waals surface area contributed by atoms with Crippen molar-refractivity contribution in [2.45, 2.75) is 11.8 Å². The van der Waals surface area contributed by atoms with Crippen LogP contribution >= 0.6 is 0 Å². The Labute approximate surface area is 128 Å². The average Bonchev–Trinajstić information content (AvgIpc) is 2.46. The predicted molar refractivity (Wildman–Crippen MR) is 83.7 cm³/mol. The van der Waals surface area contributed by atoms with Crippen molar-refractivity contribution >= 4 is 20.8 Å². The number of hydrogen-bond donors (Lipinski definition) is 1. The van der Waals surface area contributed by atoms with E-state index in [0.717, 1.165) is 0 Å². The van der Waals surface area contributed by atoms with Gasteiger partial charge in [-0.05, 0) is 24.6 Å². The van der Waals surface area contributed by atoms with E-state index in [4.69, 9.17) is 5.73 Å². The standard InChI is InChI=1S/C14H18N2O3S2/c1-12-4-5-13(3-2-6-15)11-14(12)21(18,19)16-7-9-20(17)10-8-16/h4-5,11H,6-10,15H2,1H3. The van der Waals surface area contributed by atoms with Gasteiger partial charge in [0.1, 0.15) is 0 Å². The summed E-state index contributed by atoms with van der Waals surface area (Å²) in [4.78, 5) is 0.263. The van der Waals surface area contributed by atoms with Crippen molar-refractivity contribution in [3.8, 4) is 11.8 Å². The van der Waals surface area contributed by atoms with E-state index in [1.54, 1.807) is 25.1 Å². The zero-order valence-electron chi connectivity index (χ0n) is 11.8. The van der Waals surface area contributed by atoms with Gasteiger partial charge in [0.25, 0.3) is 0 Å². The summed E-state index contributed by atoms with van der Waals surface area (Å²) in [5.74, 6) is 6.35. The molecule has 7 heteroatoms. The Morgan fingerprint density at radius 2 is 2.00 bits per heavy atom. The molecule has 1 fully saturated rings. The lowest BCUT2D eigenvalue weighted by Gasteiger charge is -2.26. The first-order valence-electron chi connectivity index (χ1n) is 6.60. The van der Waals surface area contributed by atoms with Crippen molar-refractivity contribution < 1.29 is 12.6 Å². The third kappa shape index (κ3) is 3.71.